The van der Waals surface area contributed by atoms with Crippen LogP contribution >= 0.6 is 0 Å². The Labute approximate surface area is 162 Å². The van der Waals surface area contributed by atoms with Crippen molar-refractivity contribution in [3.63, 3.8) is 0 Å². The van der Waals surface area contributed by atoms with Crippen LogP contribution in [0.4, 0.5) is 4.39 Å². The molecule has 0 radical (unpaired) electrons. The van der Waals surface area contributed by atoms with Gasteiger partial charge in [-0.2, -0.15) is 0 Å². The van der Waals surface area contributed by atoms with E-state index in [1.165, 1.54) is 12.1 Å². The number of nitrogens with zero attached hydrogens (tertiary/aromatic N) is 1. The lowest BCUT2D eigenvalue weighted by Gasteiger charge is -2.07. The number of hydrogen-bond acceptors (Lipinski definition) is 5. The Morgan fingerprint density at radius 1 is 1.14 bits per heavy atom. The molecule has 7 heteroatoms. The summed E-state index contributed by atoms with van der Waals surface area (Å²) >= 11 is 0. The highest BCUT2D eigenvalue weighted by Crippen LogP contribution is 2.24. The summed E-state index contributed by atoms with van der Waals surface area (Å²) in [5.74, 6) is 1.44. The Balaban J connectivity index is 1.40. The number of ether oxygens (including phenoxy) is 2. The molecule has 0 spiro atoms. The molecule has 1 aromatic heterocycles. The molecule has 3 rings (SSSR count). The van der Waals surface area contributed by atoms with E-state index in [0.717, 1.165) is 11.3 Å². The number of nitrogens with one attached hydrogen (secondary N) is 1. The molecule has 6 nitrogen and oxygen atoms in total. The van der Waals surface area contributed by atoms with Crippen LogP contribution in [0.25, 0.3) is 11.3 Å². The Morgan fingerprint density at radius 2 is 1.96 bits per heavy atom. The van der Waals surface area contributed by atoms with Crippen molar-refractivity contribution in [1.29, 1.82) is 0 Å². The SMILES string of the molecule is COc1cccc(-c2cc(CC(=O)NCCCOc3ccc(F)cc3)no2)c1. The van der Waals surface area contributed by atoms with Crippen LogP contribution in [0.15, 0.2) is 59.1 Å². The van der Waals surface area contributed by atoms with Crippen molar-refractivity contribution in [1.82, 2.24) is 10.5 Å². The quantitative estimate of drug-likeness (QED) is 0.571. The fraction of sp³-hybridized carbons (Fsp3) is 0.238. The summed E-state index contributed by atoms with van der Waals surface area (Å²) in [6.07, 6.45) is 0.767. The fourth-order valence-electron chi connectivity index (χ4n) is 2.56. The number of halogens is 1. The molecule has 0 fully saturated rings. The van der Waals surface area contributed by atoms with Crippen molar-refractivity contribution in [3.05, 3.63) is 66.1 Å². The van der Waals surface area contributed by atoms with E-state index < -0.39 is 0 Å². The van der Waals surface area contributed by atoms with Crippen LogP contribution in [0.1, 0.15) is 12.1 Å². The minimum atomic E-state index is -0.304. The van der Waals surface area contributed by atoms with Crippen LogP contribution in [-0.4, -0.2) is 31.3 Å². The molecule has 0 atom stereocenters. The molecule has 28 heavy (non-hydrogen) atoms. The van der Waals surface area contributed by atoms with Gasteiger partial charge in [-0.15, -0.1) is 0 Å². The van der Waals surface area contributed by atoms with E-state index in [9.17, 15) is 9.18 Å². The van der Waals surface area contributed by atoms with Gasteiger partial charge in [0.1, 0.15) is 17.3 Å². The average molecular weight is 384 g/mol. The third kappa shape index (κ3) is 5.57. The normalized spacial score (nSPS) is 10.5. The molecule has 146 valence electrons. The van der Waals surface area contributed by atoms with Crippen molar-refractivity contribution in [3.8, 4) is 22.8 Å². The van der Waals surface area contributed by atoms with E-state index in [-0.39, 0.29) is 18.1 Å². The summed E-state index contributed by atoms with van der Waals surface area (Å²) in [5.41, 5.74) is 1.38. The minimum Gasteiger partial charge on any atom is -0.497 e. The van der Waals surface area contributed by atoms with Gasteiger partial charge in [0.05, 0.1) is 25.8 Å². The lowest BCUT2D eigenvalue weighted by molar-refractivity contribution is -0.120. The van der Waals surface area contributed by atoms with Crippen LogP contribution in [0.5, 0.6) is 11.5 Å². The number of methoxy groups -OCH3 is 1. The maximum atomic E-state index is 12.8. The molecule has 0 aliphatic rings. The van der Waals surface area contributed by atoms with E-state index in [1.54, 1.807) is 25.3 Å². The molecule has 0 bridgehead atoms. The summed E-state index contributed by atoms with van der Waals surface area (Å²) in [7, 11) is 1.60. The molecule has 1 amide bonds. The van der Waals surface area contributed by atoms with Gasteiger partial charge in [-0.25, -0.2) is 4.39 Å². The van der Waals surface area contributed by atoms with E-state index in [1.807, 2.05) is 24.3 Å². The summed E-state index contributed by atoms with van der Waals surface area (Å²) in [6, 6.07) is 15.0. The first-order valence-electron chi connectivity index (χ1n) is 8.89. The predicted octanol–water partition coefficient (Wildman–Crippen LogP) is 3.62. The van der Waals surface area contributed by atoms with Gasteiger partial charge in [0.25, 0.3) is 0 Å². The number of carbonyl (C=O) groups is 1. The second-order valence-electron chi connectivity index (χ2n) is 6.10. The Morgan fingerprint density at radius 3 is 2.75 bits per heavy atom. The molecular formula is C21H21FN2O4. The number of rotatable bonds is 9. The van der Waals surface area contributed by atoms with Crippen LogP contribution in [0.2, 0.25) is 0 Å². The van der Waals surface area contributed by atoms with Crippen molar-refractivity contribution >= 4 is 5.91 Å². The van der Waals surface area contributed by atoms with Gasteiger partial charge >= 0.3 is 0 Å². The zero-order valence-corrected chi connectivity index (χ0v) is 15.5. The predicted molar refractivity (Wildman–Crippen MR) is 102 cm³/mol. The summed E-state index contributed by atoms with van der Waals surface area (Å²) in [5, 5.41) is 6.76. The van der Waals surface area contributed by atoms with Gasteiger partial charge in [-0.1, -0.05) is 17.3 Å². The Kier molecular flexibility index (Phi) is 6.62. The number of hydrogen-bond donors (Lipinski definition) is 1. The highest BCUT2D eigenvalue weighted by atomic mass is 19.1. The first kappa shape index (κ1) is 19.4. The fourth-order valence-corrected chi connectivity index (χ4v) is 2.56. The lowest BCUT2D eigenvalue weighted by Crippen LogP contribution is -2.27. The highest BCUT2D eigenvalue weighted by molar-refractivity contribution is 5.78. The van der Waals surface area contributed by atoms with Crippen molar-refractivity contribution in [2.24, 2.45) is 0 Å². The van der Waals surface area contributed by atoms with Crippen molar-refractivity contribution in [2.45, 2.75) is 12.8 Å². The lowest BCUT2D eigenvalue weighted by atomic mass is 10.1. The van der Waals surface area contributed by atoms with Crippen molar-refractivity contribution in [2.75, 3.05) is 20.3 Å². The second-order valence-corrected chi connectivity index (χ2v) is 6.10. The van der Waals surface area contributed by atoms with Gasteiger partial charge in [0, 0.05) is 18.2 Å². The monoisotopic (exact) mass is 384 g/mol. The van der Waals surface area contributed by atoms with Crippen LogP contribution < -0.4 is 14.8 Å². The maximum Gasteiger partial charge on any atom is 0.226 e. The summed E-state index contributed by atoms with van der Waals surface area (Å²) < 4.78 is 28.8. The van der Waals surface area contributed by atoms with E-state index >= 15 is 0 Å². The van der Waals surface area contributed by atoms with Gasteiger partial charge in [-0.05, 0) is 42.8 Å². The summed E-state index contributed by atoms with van der Waals surface area (Å²) in [4.78, 5) is 12.0. The Hall–Kier alpha value is -3.35. The van der Waals surface area contributed by atoms with Crippen molar-refractivity contribution < 1.29 is 23.2 Å². The van der Waals surface area contributed by atoms with Crippen LogP contribution in [0.3, 0.4) is 0 Å². The number of carbonyl (C=O) groups excluding carboxylic acids is 1. The molecule has 2 aromatic carbocycles. The molecule has 0 saturated carbocycles. The maximum absolute atomic E-state index is 12.8. The molecule has 0 saturated heterocycles. The third-order valence-electron chi connectivity index (χ3n) is 3.98. The van der Waals surface area contributed by atoms with E-state index in [4.69, 9.17) is 14.0 Å². The largest absolute Gasteiger partial charge is 0.497 e. The highest BCUT2D eigenvalue weighted by Gasteiger charge is 2.11. The summed E-state index contributed by atoms with van der Waals surface area (Å²) in [6.45, 7) is 0.899. The van der Waals surface area contributed by atoms with Gasteiger partial charge < -0.3 is 19.3 Å². The molecule has 1 N–H and O–H groups in total. The standard InChI is InChI=1S/C21H21FN2O4/c1-26-19-5-2-4-15(12-19)20-13-17(24-28-20)14-21(25)23-10-3-11-27-18-8-6-16(22)7-9-18/h2,4-9,12-13H,3,10-11,14H2,1H3,(H,23,25). The van der Waals surface area contributed by atoms with Crippen LogP contribution in [-0.2, 0) is 11.2 Å². The molecule has 0 aliphatic carbocycles. The van der Waals surface area contributed by atoms with Crippen LogP contribution in [0, 0.1) is 5.82 Å². The molecular weight excluding hydrogens is 363 g/mol. The first-order chi connectivity index (χ1) is 13.6. The number of amides is 1. The molecule has 0 aliphatic heterocycles. The zero-order valence-electron chi connectivity index (χ0n) is 15.5. The van der Waals surface area contributed by atoms with E-state index in [2.05, 4.69) is 10.5 Å². The smallest absolute Gasteiger partial charge is 0.226 e. The number of benzene rings is 2. The van der Waals surface area contributed by atoms with E-state index in [0.29, 0.717) is 36.8 Å². The number of aromatic nitrogens is 1. The van der Waals surface area contributed by atoms with Gasteiger partial charge in [0.2, 0.25) is 5.91 Å². The molecule has 3 aromatic rings. The molecule has 0 unspecified atom stereocenters. The third-order valence-corrected chi connectivity index (χ3v) is 3.98. The first-order valence-corrected chi connectivity index (χ1v) is 8.89. The average Bonchev–Trinajstić information content (AvgIpc) is 3.17. The van der Waals surface area contributed by atoms with Gasteiger partial charge in [0.15, 0.2) is 5.76 Å². The Bertz CT molecular complexity index is 909. The molecule has 1 heterocycles. The minimum absolute atomic E-state index is 0.131. The van der Waals surface area contributed by atoms with Gasteiger partial charge in [-0.3, -0.25) is 4.79 Å². The topological polar surface area (TPSA) is 73.6 Å². The second kappa shape index (κ2) is 9.55. The zero-order chi connectivity index (χ0) is 19.8.